The molecule has 0 aliphatic carbocycles. The average Bonchev–Trinajstić information content (AvgIpc) is 2.48. The van der Waals surface area contributed by atoms with Crippen LogP contribution in [0.4, 0.5) is 0 Å². The summed E-state index contributed by atoms with van der Waals surface area (Å²) in [4.78, 5) is 0. The maximum Gasteiger partial charge on any atom is 0.172 e. The van der Waals surface area contributed by atoms with Gasteiger partial charge in [-0.15, -0.1) is 0 Å². The predicted octanol–water partition coefficient (Wildman–Crippen LogP) is 4.67. The van der Waals surface area contributed by atoms with Crippen LogP contribution in [0.5, 0.6) is 11.5 Å². The summed E-state index contributed by atoms with van der Waals surface area (Å²) in [5.41, 5.74) is 2.15. The fraction of sp³-hybridized carbons (Fsp3) is 0.250. The topological polar surface area (TPSA) is 41.5 Å². The van der Waals surface area contributed by atoms with Crippen LogP contribution in [0.3, 0.4) is 0 Å². The Morgan fingerprint density at radius 2 is 2.10 bits per heavy atom. The second-order valence-corrected chi connectivity index (χ2v) is 6.08. The molecular formula is C16H17BrClNO2. The number of nitrogens with one attached hydrogen (secondary N) is 1. The molecule has 0 radical (unpaired) electrons. The van der Waals surface area contributed by atoms with Gasteiger partial charge in [0.25, 0.3) is 0 Å². The van der Waals surface area contributed by atoms with Crippen molar-refractivity contribution in [3.63, 3.8) is 0 Å². The minimum Gasteiger partial charge on any atom is -0.503 e. The van der Waals surface area contributed by atoms with Gasteiger partial charge in [-0.2, -0.15) is 0 Å². The molecule has 2 aromatic rings. The van der Waals surface area contributed by atoms with Crippen molar-refractivity contribution < 1.29 is 9.84 Å². The number of hydrogen-bond acceptors (Lipinski definition) is 3. The SMILES string of the molecule is COc1cc(CN[C@H](C)c2cccc(Cl)c2)cc(Br)c1O. The van der Waals surface area contributed by atoms with Gasteiger partial charge in [0.2, 0.25) is 0 Å². The Morgan fingerprint density at radius 3 is 2.76 bits per heavy atom. The third kappa shape index (κ3) is 4.13. The van der Waals surface area contributed by atoms with Crippen molar-refractivity contribution in [2.75, 3.05) is 7.11 Å². The van der Waals surface area contributed by atoms with Gasteiger partial charge in [0, 0.05) is 17.6 Å². The number of aromatic hydroxyl groups is 1. The molecule has 0 aliphatic rings. The van der Waals surface area contributed by atoms with E-state index < -0.39 is 0 Å². The normalized spacial score (nSPS) is 12.2. The molecule has 0 amide bonds. The van der Waals surface area contributed by atoms with E-state index in [4.69, 9.17) is 16.3 Å². The highest BCUT2D eigenvalue weighted by atomic mass is 79.9. The van der Waals surface area contributed by atoms with Crippen molar-refractivity contribution in [1.29, 1.82) is 0 Å². The molecule has 0 saturated carbocycles. The second-order valence-electron chi connectivity index (χ2n) is 4.79. The summed E-state index contributed by atoms with van der Waals surface area (Å²) in [6.45, 7) is 2.74. The highest BCUT2D eigenvalue weighted by Crippen LogP contribution is 2.35. The van der Waals surface area contributed by atoms with Crippen LogP contribution in [0.1, 0.15) is 24.1 Å². The zero-order chi connectivity index (χ0) is 15.4. The summed E-state index contributed by atoms with van der Waals surface area (Å²) in [7, 11) is 1.54. The minimum atomic E-state index is 0.115. The summed E-state index contributed by atoms with van der Waals surface area (Å²) in [6.07, 6.45) is 0. The van der Waals surface area contributed by atoms with Crippen molar-refractivity contribution >= 4 is 27.5 Å². The first-order valence-corrected chi connectivity index (χ1v) is 7.72. The van der Waals surface area contributed by atoms with Crippen LogP contribution in [0.15, 0.2) is 40.9 Å². The Hall–Kier alpha value is -1.23. The standard InChI is InChI=1S/C16H17BrClNO2/c1-10(12-4-3-5-13(18)8-12)19-9-11-6-14(17)16(20)15(7-11)21-2/h3-8,10,19-20H,9H2,1-2H3/t10-/m1/s1. The van der Waals surface area contributed by atoms with E-state index in [1.165, 1.54) is 7.11 Å². The molecule has 0 heterocycles. The zero-order valence-electron chi connectivity index (χ0n) is 11.9. The van der Waals surface area contributed by atoms with Crippen molar-refractivity contribution in [2.45, 2.75) is 19.5 Å². The molecular weight excluding hydrogens is 354 g/mol. The smallest absolute Gasteiger partial charge is 0.172 e. The number of halogens is 2. The Bertz CT molecular complexity index is 634. The Labute approximate surface area is 138 Å². The molecule has 1 atom stereocenters. The zero-order valence-corrected chi connectivity index (χ0v) is 14.2. The molecule has 0 aromatic heterocycles. The summed E-state index contributed by atoms with van der Waals surface area (Å²) < 4.78 is 5.77. The third-order valence-electron chi connectivity index (χ3n) is 3.27. The molecule has 0 unspecified atom stereocenters. The fourth-order valence-corrected chi connectivity index (χ4v) is 2.74. The molecule has 0 fully saturated rings. The molecule has 112 valence electrons. The number of hydrogen-bond donors (Lipinski definition) is 2. The van der Waals surface area contributed by atoms with Crippen molar-refractivity contribution in [1.82, 2.24) is 5.32 Å². The molecule has 0 spiro atoms. The monoisotopic (exact) mass is 369 g/mol. The lowest BCUT2D eigenvalue weighted by Gasteiger charge is -2.15. The molecule has 0 saturated heterocycles. The van der Waals surface area contributed by atoms with Gasteiger partial charge >= 0.3 is 0 Å². The van der Waals surface area contributed by atoms with Gasteiger partial charge in [-0.1, -0.05) is 23.7 Å². The lowest BCUT2D eigenvalue weighted by molar-refractivity contribution is 0.371. The van der Waals surface area contributed by atoms with Gasteiger partial charge in [-0.3, -0.25) is 0 Å². The van der Waals surface area contributed by atoms with Gasteiger partial charge < -0.3 is 15.2 Å². The van der Waals surface area contributed by atoms with Crippen LogP contribution in [0.25, 0.3) is 0 Å². The first kappa shape index (κ1) is 16.1. The Kier molecular flexibility index (Phi) is 5.51. The van der Waals surface area contributed by atoms with Crippen LogP contribution in [0.2, 0.25) is 5.02 Å². The van der Waals surface area contributed by atoms with E-state index in [1.54, 1.807) is 0 Å². The van der Waals surface area contributed by atoms with E-state index in [9.17, 15) is 5.11 Å². The summed E-state index contributed by atoms with van der Waals surface area (Å²) in [6, 6.07) is 11.6. The Balaban J connectivity index is 2.08. The van der Waals surface area contributed by atoms with Gasteiger partial charge in [0.05, 0.1) is 11.6 Å². The lowest BCUT2D eigenvalue weighted by atomic mass is 10.1. The van der Waals surface area contributed by atoms with Gasteiger partial charge in [-0.05, 0) is 58.2 Å². The molecule has 2 rings (SSSR count). The van der Waals surface area contributed by atoms with E-state index in [1.807, 2.05) is 36.4 Å². The van der Waals surface area contributed by atoms with Crippen molar-refractivity contribution in [3.05, 3.63) is 57.0 Å². The quantitative estimate of drug-likeness (QED) is 0.804. The minimum absolute atomic E-state index is 0.115. The molecule has 21 heavy (non-hydrogen) atoms. The fourth-order valence-electron chi connectivity index (χ4n) is 2.05. The first-order valence-electron chi connectivity index (χ1n) is 6.55. The van der Waals surface area contributed by atoms with E-state index in [2.05, 4.69) is 28.2 Å². The van der Waals surface area contributed by atoms with Crippen LogP contribution in [0, 0.1) is 0 Å². The second kappa shape index (κ2) is 7.16. The number of phenolic OH excluding ortho intramolecular Hbond substituents is 1. The Morgan fingerprint density at radius 1 is 1.33 bits per heavy atom. The van der Waals surface area contributed by atoms with Crippen LogP contribution in [-0.4, -0.2) is 12.2 Å². The van der Waals surface area contributed by atoms with Crippen LogP contribution >= 0.6 is 27.5 Å². The van der Waals surface area contributed by atoms with Crippen LogP contribution < -0.4 is 10.1 Å². The maximum absolute atomic E-state index is 9.80. The van der Waals surface area contributed by atoms with E-state index in [0.717, 1.165) is 16.1 Å². The van der Waals surface area contributed by atoms with Gasteiger partial charge in [0.15, 0.2) is 11.5 Å². The maximum atomic E-state index is 9.80. The average molecular weight is 371 g/mol. The lowest BCUT2D eigenvalue weighted by Crippen LogP contribution is -2.18. The molecule has 2 aromatic carbocycles. The van der Waals surface area contributed by atoms with Gasteiger partial charge in [-0.25, -0.2) is 0 Å². The largest absolute Gasteiger partial charge is 0.503 e. The highest BCUT2D eigenvalue weighted by Gasteiger charge is 2.10. The van der Waals surface area contributed by atoms with Gasteiger partial charge in [0.1, 0.15) is 0 Å². The number of phenols is 1. The summed E-state index contributed by atoms with van der Waals surface area (Å²) in [5, 5.41) is 14.0. The van der Waals surface area contributed by atoms with Crippen molar-refractivity contribution in [2.24, 2.45) is 0 Å². The van der Waals surface area contributed by atoms with Crippen LogP contribution in [-0.2, 0) is 6.54 Å². The number of benzene rings is 2. The molecule has 3 nitrogen and oxygen atoms in total. The first-order chi connectivity index (χ1) is 10.0. The highest BCUT2D eigenvalue weighted by molar-refractivity contribution is 9.10. The summed E-state index contributed by atoms with van der Waals surface area (Å²) >= 11 is 9.33. The molecule has 2 N–H and O–H groups in total. The van der Waals surface area contributed by atoms with Crippen molar-refractivity contribution in [3.8, 4) is 11.5 Å². The third-order valence-corrected chi connectivity index (χ3v) is 4.11. The number of methoxy groups -OCH3 is 1. The number of rotatable bonds is 5. The molecule has 0 bridgehead atoms. The predicted molar refractivity (Wildman–Crippen MR) is 89.1 cm³/mol. The van der Waals surface area contributed by atoms with E-state index in [-0.39, 0.29) is 11.8 Å². The summed E-state index contributed by atoms with van der Waals surface area (Å²) in [5.74, 6) is 0.570. The number of ether oxygens (including phenoxy) is 1. The molecule has 5 heteroatoms. The molecule has 0 aliphatic heterocycles. The van der Waals surface area contributed by atoms with E-state index in [0.29, 0.717) is 16.8 Å². The van der Waals surface area contributed by atoms with E-state index >= 15 is 0 Å².